The van der Waals surface area contributed by atoms with Crippen molar-refractivity contribution in [3.05, 3.63) is 52.8 Å². The number of amides is 1. The highest BCUT2D eigenvalue weighted by atomic mass is 16.2. The summed E-state index contributed by atoms with van der Waals surface area (Å²) in [5.41, 5.74) is -0.0102. The van der Waals surface area contributed by atoms with E-state index in [-0.39, 0.29) is 11.7 Å². The molecule has 1 N–H and O–H groups in total. The first-order chi connectivity index (χ1) is 8.16. The lowest BCUT2D eigenvalue weighted by Crippen LogP contribution is -2.22. The summed E-state index contributed by atoms with van der Waals surface area (Å²) in [7, 11) is 1.59. The van der Waals surface area contributed by atoms with Crippen LogP contribution in [0.15, 0.2) is 41.6 Å². The Labute approximate surface area is 97.0 Å². The molecule has 6 heteroatoms. The van der Waals surface area contributed by atoms with Crippen LogP contribution in [0.5, 0.6) is 0 Å². The van der Waals surface area contributed by atoms with Crippen molar-refractivity contribution < 1.29 is 4.79 Å². The van der Waals surface area contributed by atoms with Crippen molar-refractivity contribution >= 4 is 11.7 Å². The van der Waals surface area contributed by atoms with Gasteiger partial charge in [-0.3, -0.25) is 9.78 Å². The fraction of sp³-hybridized carbons (Fsp3) is 0.0909. The molecule has 0 radical (unpaired) electrons. The molecular weight excluding hydrogens is 220 g/mol. The van der Waals surface area contributed by atoms with E-state index >= 15 is 0 Å². The van der Waals surface area contributed by atoms with E-state index in [0.717, 1.165) is 0 Å². The number of hydrogen-bond acceptors (Lipinski definition) is 4. The van der Waals surface area contributed by atoms with E-state index in [4.69, 9.17) is 0 Å². The van der Waals surface area contributed by atoms with E-state index in [0.29, 0.717) is 5.56 Å². The topological polar surface area (TPSA) is 76.9 Å². The van der Waals surface area contributed by atoms with Crippen molar-refractivity contribution in [1.82, 2.24) is 14.5 Å². The number of nitrogens with one attached hydrogen (secondary N) is 1. The van der Waals surface area contributed by atoms with Crippen LogP contribution in [-0.2, 0) is 7.05 Å². The second kappa shape index (κ2) is 4.56. The lowest BCUT2D eigenvalue weighted by Gasteiger charge is -2.03. The molecule has 0 aliphatic rings. The van der Waals surface area contributed by atoms with Gasteiger partial charge < -0.3 is 9.88 Å². The molecule has 1 amide bonds. The zero-order chi connectivity index (χ0) is 12.3. The number of carbonyl (C=O) groups excluding carboxylic acids is 1. The number of hydrogen-bond donors (Lipinski definition) is 1. The average molecular weight is 230 g/mol. The van der Waals surface area contributed by atoms with Gasteiger partial charge >= 0.3 is 5.69 Å². The highest BCUT2D eigenvalue weighted by Gasteiger charge is 2.06. The summed E-state index contributed by atoms with van der Waals surface area (Å²) in [6.45, 7) is 0. The van der Waals surface area contributed by atoms with Crippen LogP contribution in [0.3, 0.4) is 0 Å². The highest BCUT2D eigenvalue weighted by Crippen LogP contribution is 2.02. The van der Waals surface area contributed by atoms with Crippen molar-refractivity contribution in [2.45, 2.75) is 0 Å². The zero-order valence-electron chi connectivity index (χ0n) is 9.12. The van der Waals surface area contributed by atoms with Gasteiger partial charge in [-0.25, -0.2) is 4.79 Å². The third-order valence-electron chi connectivity index (χ3n) is 2.14. The Morgan fingerprint density at radius 2 is 2.24 bits per heavy atom. The summed E-state index contributed by atoms with van der Waals surface area (Å²) < 4.78 is 1.32. The first-order valence-corrected chi connectivity index (χ1v) is 4.92. The second-order valence-electron chi connectivity index (χ2n) is 3.40. The van der Waals surface area contributed by atoms with Crippen LogP contribution in [-0.4, -0.2) is 20.4 Å². The van der Waals surface area contributed by atoms with E-state index in [9.17, 15) is 9.59 Å². The van der Waals surface area contributed by atoms with E-state index in [1.165, 1.54) is 17.0 Å². The number of anilines is 1. The normalized spacial score (nSPS) is 9.94. The minimum absolute atomic E-state index is 0.224. The molecule has 0 unspecified atom stereocenters. The molecular formula is C11H10N4O2. The lowest BCUT2D eigenvalue weighted by atomic mass is 10.3. The highest BCUT2D eigenvalue weighted by molar-refractivity contribution is 6.03. The van der Waals surface area contributed by atoms with Crippen LogP contribution in [0, 0.1) is 0 Å². The van der Waals surface area contributed by atoms with Crippen LogP contribution in [0.2, 0.25) is 0 Å². The number of pyridine rings is 1. The van der Waals surface area contributed by atoms with E-state index in [2.05, 4.69) is 15.3 Å². The van der Waals surface area contributed by atoms with Crippen LogP contribution in [0.25, 0.3) is 0 Å². The van der Waals surface area contributed by atoms with Gasteiger partial charge in [-0.15, -0.1) is 0 Å². The molecule has 2 aromatic heterocycles. The molecule has 2 rings (SSSR count). The number of rotatable bonds is 2. The van der Waals surface area contributed by atoms with Gasteiger partial charge in [0.25, 0.3) is 5.91 Å². The predicted octanol–water partition coefficient (Wildman–Crippen LogP) is 0.428. The summed E-state index contributed by atoms with van der Waals surface area (Å²) in [6.07, 6.45) is 4.55. The molecule has 86 valence electrons. The summed E-state index contributed by atoms with van der Waals surface area (Å²) in [5, 5.41) is 2.52. The Morgan fingerprint density at radius 1 is 1.41 bits per heavy atom. The Bertz CT molecular complexity index is 592. The Kier molecular flexibility index (Phi) is 2.95. The summed E-state index contributed by atoms with van der Waals surface area (Å²) in [4.78, 5) is 30.5. The minimum atomic E-state index is -0.422. The van der Waals surface area contributed by atoms with E-state index < -0.39 is 5.69 Å². The molecule has 0 aliphatic carbocycles. The van der Waals surface area contributed by atoms with Gasteiger partial charge in [-0.05, 0) is 18.2 Å². The summed E-state index contributed by atoms with van der Waals surface area (Å²) in [6, 6.07) is 4.84. The monoisotopic (exact) mass is 230 g/mol. The van der Waals surface area contributed by atoms with Crippen molar-refractivity contribution in [1.29, 1.82) is 0 Å². The molecule has 0 aromatic carbocycles. The van der Waals surface area contributed by atoms with Gasteiger partial charge in [0.05, 0.1) is 5.56 Å². The first kappa shape index (κ1) is 11.0. The fourth-order valence-electron chi connectivity index (χ4n) is 1.22. The largest absolute Gasteiger partial charge is 0.349 e. The Hall–Kier alpha value is -2.50. The molecule has 0 fully saturated rings. The average Bonchev–Trinajstić information content (AvgIpc) is 2.35. The smallest absolute Gasteiger partial charge is 0.306 e. The quantitative estimate of drug-likeness (QED) is 0.811. The van der Waals surface area contributed by atoms with Crippen molar-refractivity contribution in [3.8, 4) is 0 Å². The molecule has 0 saturated carbocycles. The van der Waals surface area contributed by atoms with Gasteiger partial charge in [0.1, 0.15) is 5.82 Å². The third kappa shape index (κ3) is 2.54. The van der Waals surface area contributed by atoms with Gasteiger partial charge in [-0.2, -0.15) is 4.98 Å². The van der Waals surface area contributed by atoms with E-state index in [1.807, 2.05) is 0 Å². The maximum Gasteiger partial charge on any atom is 0.349 e. The SMILES string of the molecule is Cn1ccc(NC(=O)c2cccnc2)nc1=O. The van der Waals surface area contributed by atoms with Crippen molar-refractivity contribution in [2.24, 2.45) is 7.05 Å². The molecule has 0 bridgehead atoms. The molecule has 0 spiro atoms. The van der Waals surface area contributed by atoms with Gasteiger partial charge in [0.15, 0.2) is 0 Å². The fourth-order valence-corrected chi connectivity index (χ4v) is 1.22. The molecule has 0 saturated heterocycles. The molecule has 2 aromatic rings. The van der Waals surface area contributed by atoms with Gasteiger partial charge in [0, 0.05) is 25.6 Å². The number of nitrogens with zero attached hydrogens (tertiary/aromatic N) is 3. The van der Waals surface area contributed by atoms with Gasteiger partial charge in [-0.1, -0.05) is 0 Å². The predicted molar refractivity (Wildman–Crippen MR) is 61.7 cm³/mol. The molecule has 17 heavy (non-hydrogen) atoms. The van der Waals surface area contributed by atoms with Crippen LogP contribution in [0.4, 0.5) is 5.82 Å². The molecule has 2 heterocycles. The Morgan fingerprint density at radius 3 is 2.88 bits per heavy atom. The Balaban J connectivity index is 2.19. The van der Waals surface area contributed by atoms with E-state index in [1.54, 1.807) is 31.4 Å². The maximum absolute atomic E-state index is 11.7. The minimum Gasteiger partial charge on any atom is -0.306 e. The maximum atomic E-state index is 11.7. The molecule has 0 atom stereocenters. The lowest BCUT2D eigenvalue weighted by molar-refractivity contribution is 0.102. The molecule has 0 aliphatic heterocycles. The first-order valence-electron chi connectivity index (χ1n) is 4.92. The summed E-state index contributed by atoms with van der Waals surface area (Å²) >= 11 is 0. The van der Waals surface area contributed by atoms with Crippen molar-refractivity contribution in [2.75, 3.05) is 5.32 Å². The van der Waals surface area contributed by atoms with Crippen LogP contribution >= 0.6 is 0 Å². The van der Waals surface area contributed by atoms with Crippen molar-refractivity contribution in [3.63, 3.8) is 0 Å². The van der Waals surface area contributed by atoms with Crippen LogP contribution in [0.1, 0.15) is 10.4 Å². The van der Waals surface area contributed by atoms with Gasteiger partial charge in [0.2, 0.25) is 0 Å². The number of aromatic nitrogens is 3. The number of aryl methyl sites for hydroxylation is 1. The number of carbonyl (C=O) groups is 1. The second-order valence-corrected chi connectivity index (χ2v) is 3.40. The summed E-state index contributed by atoms with van der Waals surface area (Å²) in [5.74, 6) is -0.124. The zero-order valence-corrected chi connectivity index (χ0v) is 9.12. The molecule has 6 nitrogen and oxygen atoms in total. The standard InChI is InChI=1S/C11H10N4O2/c1-15-6-4-9(14-11(15)17)13-10(16)8-3-2-5-12-7-8/h2-7H,1H3,(H,13,14,16,17). The third-order valence-corrected chi connectivity index (χ3v) is 2.14. The van der Waals surface area contributed by atoms with Crippen LogP contribution < -0.4 is 11.0 Å².